The number of aryl methyl sites for hydroxylation is 1. The summed E-state index contributed by atoms with van der Waals surface area (Å²) in [5.74, 6) is -0.847. The fourth-order valence-electron chi connectivity index (χ4n) is 3.20. The van der Waals surface area contributed by atoms with Gasteiger partial charge in [-0.05, 0) is 48.4 Å². The summed E-state index contributed by atoms with van der Waals surface area (Å²) in [7, 11) is 1.79. The third-order valence-electron chi connectivity index (χ3n) is 4.38. The monoisotopic (exact) mass is 293 g/mol. The van der Waals surface area contributed by atoms with Gasteiger partial charge in [0.05, 0.1) is 0 Å². The van der Waals surface area contributed by atoms with Gasteiger partial charge in [-0.1, -0.05) is 11.2 Å². The first-order valence-corrected chi connectivity index (χ1v) is 6.86. The maximum atomic E-state index is 13.5. The summed E-state index contributed by atoms with van der Waals surface area (Å²) in [5.41, 5.74) is 0.517. The van der Waals surface area contributed by atoms with E-state index in [0.29, 0.717) is 5.95 Å². The van der Waals surface area contributed by atoms with E-state index >= 15 is 0 Å². The van der Waals surface area contributed by atoms with E-state index in [2.05, 4.69) is 34.3 Å². The molecule has 1 unspecified atom stereocenters. The number of rotatable bonds is 2. The highest BCUT2D eigenvalue weighted by Gasteiger charge is 2.44. The topological polar surface area (TPSA) is 46.8 Å². The Morgan fingerprint density at radius 1 is 1.24 bits per heavy atom. The van der Waals surface area contributed by atoms with Gasteiger partial charge in [0.2, 0.25) is 5.95 Å². The van der Waals surface area contributed by atoms with Crippen molar-refractivity contribution in [1.82, 2.24) is 20.2 Å². The molecule has 0 aliphatic carbocycles. The second kappa shape index (κ2) is 4.75. The van der Waals surface area contributed by atoms with Crippen LogP contribution in [-0.2, 0) is 7.05 Å². The molecule has 112 valence electrons. The largest absolute Gasteiger partial charge is 0.334 e. The Labute approximate surface area is 121 Å². The predicted molar refractivity (Wildman–Crippen MR) is 73.9 cm³/mol. The Morgan fingerprint density at radius 3 is 2.62 bits per heavy atom. The highest BCUT2D eigenvalue weighted by atomic mass is 19.2. The quantitative estimate of drug-likeness (QED) is 0.852. The van der Waals surface area contributed by atoms with E-state index in [4.69, 9.17) is 0 Å². The number of tetrazole rings is 1. The maximum absolute atomic E-state index is 13.5. The van der Waals surface area contributed by atoms with Gasteiger partial charge >= 0.3 is 0 Å². The van der Waals surface area contributed by atoms with Crippen molar-refractivity contribution in [3.8, 4) is 0 Å². The van der Waals surface area contributed by atoms with Gasteiger partial charge < -0.3 is 4.90 Å². The van der Waals surface area contributed by atoms with Crippen molar-refractivity contribution in [3.63, 3.8) is 0 Å². The standard InChI is InChI=1S/C14H17F2N5/c1-14(2)10(9-4-5-11(15)12(16)8-9)6-7-21(14)13-17-18-19-20(13)3/h4-5,8,10H,6-7H2,1-3H3. The molecule has 2 heterocycles. The molecule has 1 aliphatic heterocycles. The number of hydrogen-bond donors (Lipinski definition) is 0. The third kappa shape index (κ3) is 2.16. The fourth-order valence-corrected chi connectivity index (χ4v) is 3.20. The Bertz CT molecular complexity index is 667. The maximum Gasteiger partial charge on any atom is 0.245 e. The molecule has 1 atom stereocenters. The van der Waals surface area contributed by atoms with Crippen molar-refractivity contribution in [1.29, 1.82) is 0 Å². The zero-order valence-corrected chi connectivity index (χ0v) is 12.2. The average Bonchev–Trinajstić information content (AvgIpc) is 2.96. The molecule has 21 heavy (non-hydrogen) atoms. The van der Waals surface area contributed by atoms with Crippen LogP contribution in [0.5, 0.6) is 0 Å². The van der Waals surface area contributed by atoms with Gasteiger partial charge in [-0.15, -0.1) is 0 Å². The average molecular weight is 293 g/mol. The Morgan fingerprint density at radius 2 is 2.00 bits per heavy atom. The number of anilines is 1. The molecular formula is C14H17F2N5. The molecule has 1 aliphatic rings. The molecule has 0 spiro atoms. The summed E-state index contributed by atoms with van der Waals surface area (Å²) in [6.45, 7) is 4.91. The smallest absolute Gasteiger partial charge is 0.245 e. The second-order valence-corrected chi connectivity index (χ2v) is 5.92. The summed E-state index contributed by atoms with van der Waals surface area (Å²) in [5, 5.41) is 11.6. The van der Waals surface area contributed by atoms with Gasteiger partial charge in [0, 0.05) is 25.0 Å². The first-order chi connectivity index (χ1) is 9.91. The molecule has 3 rings (SSSR count). The summed E-state index contributed by atoms with van der Waals surface area (Å²) in [6, 6.07) is 4.14. The van der Waals surface area contributed by atoms with E-state index in [1.165, 1.54) is 12.1 Å². The number of nitrogens with zero attached hydrogens (tertiary/aromatic N) is 5. The molecule has 1 saturated heterocycles. The van der Waals surface area contributed by atoms with E-state index in [1.807, 2.05) is 0 Å². The highest BCUT2D eigenvalue weighted by molar-refractivity contribution is 5.41. The van der Waals surface area contributed by atoms with Gasteiger partial charge in [-0.2, -0.15) is 0 Å². The third-order valence-corrected chi connectivity index (χ3v) is 4.38. The van der Waals surface area contributed by atoms with Gasteiger partial charge in [0.15, 0.2) is 11.6 Å². The lowest BCUT2D eigenvalue weighted by Gasteiger charge is -2.36. The van der Waals surface area contributed by atoms with Crippen LogP contribution in [0.15, 0.2) is 18.2 Å². The Hall–Kier alpha value is -2.05. The van der Waals surface area contributed by atoms with Crippen LogP contribution in [0.1, 0.15) is 31.7 Å². The SMILES string of the molecule is Cn1nnnc1N1CCC(c2ccc(F)c(F)c2)C1(C)C. The van der Waals surface area contributed by atoms with Crippen LogP contribution in [0.3, 0.4) is 0 Å². The molecule has 1 aromatic heterocycles. The van der Waals surface area contributed by atoms with E-state index < -0.39 is 11.6 Å². The van der Waals surface area contributed by atoms with Gasteiger partial charge in [0.1, 0.15) is 0 Å². The van der Waals surface area contributed by atoms with E-state index in [-0.39, 0.29) is 11.5 Å². The van der Waals surface area contributed by atoms with Crippen molar-refractivity contribution in [3.05, 3.63) is 35.4 Å². The fraction of sp³-hybridized carbons (Fsp3) is 0.500. The van der Waals surface area contributed by atoms with E-state index in [1.54, 1.807) is 17.8 Å². The minimum Gasteiger partial charge on any atom is -0.334 e. The lowest BCUT2D eigenvalue weighted by molar-refractivity contribution is 0.441. The molecule has 2 aromatic rings. The van der Waals surface area contributed by atoms with Crippen molar-refractivity contribution in [2.24, 2.45) is 7.05 Å². The van der Waals surface area contributed by atoms with Crippen molar-refractivity contribution in [2.75, 3.05) is 11.4 Å². The van der Waals surface area contributed by atoms with Gasteiger partial charge in [-0.25, -0.2) is 13.5 Å². The molecule has 0 N–H and O–H groups in total. The number of hydrogen-bond acceptors (Lipinski definition) is 4. The number of aromatic nitrogens is 4. The van der Waals surface area contributed by atoms with Crippen LogP contribution in [0, 0.1) is 11.6 Å². The molecule has 7 heteroatoms. The van der Waals surface area contributed by atoms with E-state index in [0.717, 1.165) is 18.5 Å². The molecule has 5 nitrogen and oxygen atoms in total. The molecule has 0 radical (unpaired) electrons. The van der Waals surface area contributed by atoms with Crippen molar-refractivity contribution >= 4 is 5.95 Å². The summed E-state index contributed by atoms with van der Waals surface area (Å²) in [6.07, 6.45) is 0.838. The minimum atomic E-state index is -0.816. The summed E-state index contributed by atoms with van der Waals surface area (Å²) in [4.78, 5) is 2.11. The molecule has 0 amide bonds. The van der Waals surface area contributed by atoms with Crippen LogP contribution in [-0.4, -0.2) is 32.3 Å². The molecular weight excluding hydrogens is 276 g/mol. The molecule has 0 bridgehead atoms. The van der Waals surface area contributed by atoms with Gasteiger partial charge in [0.25, 0.3) is 0 Å². The lowest BCUT2D eigenvalue weighted by Crippen LogP contribution is -2.43. The highest BCUT2D eigenvalue weighted by Crippen LogP contribution is 2.43. The van der Waals surface area contributed by atoms with Crippen LogP contribution in [0.25, 0.3) is 0 Å². The Kier molecular flexibility index (Phi) is 3.15. The Balaban J connectivity index is 1.95. The van der Waals surface area contributed by atoms with Crippen LogP contribution in [0.4, 0.5) is 14.7 Å². The first kappa shape index (κ1) is 13.9. The van der Waals surface area contributed by atoms with Crippen LogP contribution < -0.4 is 4.90 Å². The first-order valence-electron chi connectivity index (χ1n) is 6.86. The normalized spacial score (nSPS) is 21.0. The van der Waals surface area contributed by atoms with E-state index in [9.17, 15) is 8.78 Å². The lowest BCUT2D eigenvalue weighted by atomic mass is 9.83. The van der Waals surface area contributed by atoms with Crippen LogP contribution in [0.2, 0.25) is 0 Å². The summed E-state index contributed by atoms with van der Waals surface area (Å²) < 4.78 is 28.2. The zero-order valence-electron chi connectivity index (χ0n) is 12.2. The molecule has 1 fully saturated rings. The van der Waals surface area contributed by atoms with Gasteiger partial charge in [-0.3, -0.25) is 0 Å². The summed E-state index contributed by atoms with van der Waals surface area (Å²) >= 11 is 0. The number of benzene rings is 1. The molecule has 1 aromatic carbocycles. The van der Waals surface area contributed by atoms with Crippen LogP contribution >= 0.6 is 0 Å². The van der Waals surface area contributed by atoms with Crippen molar-refractivity contribution in [2.45, 2.75) is 31.7 Å². The molecule has 0 saturated carbocycles. The second-order valence-electron chi connectivity index (χ2n) is 5.92. The predicted octanol–water partition coefficient (Wildman–Crippen LogP) is 2.26. The minimum absolute atomic E-state index is 0.0873. The van der Waals surface area contributed by atoms with Crippen molar-refractivity contribution < 1.29 is 8.78 Å². The zero-order chi connectivity index (χ0) is 15.2. The number of halogens is 2.